The summed E-state index contributed by atoms with van der Waals surface area (Å²) in [5, 5.41) is 4.69. The smallest absolute Gasteiger partial charge is 0.246 e. The first-order valence-electron chi connectivity index (χ1n) is 7.70. The first kappa shape index (κ1) is 17.8. The lowest BCUT2D eigenvalue weighted by atomic mass is 10.2. The van der Waals surface area contributed by atoms with Crippen LogP contribution < -0.4 is 5.73 Å². The molecule has 2 aromatic heterocycles. The molecule has 0 amide bonds. The van der Waals surface area contributed by atoms with E-state index in [1.165, 1.54) is 11.3 Å². The fourth-order valence-electron chi connectivity index (χ4n) is 2.73. The topological polar surface area (TPSA) is 90.3 Å². The van der Waals surface area contributed by atoms with Crippen LogP contribution >= 0.6 is 23.7 Å². The highest BCUT2D eigenvalue weighted by Gasteiger charge is 2.30. The van der Waals surface area contributed by atoms with Gasteiger partial charge in [-0.25, -0.2) is 4.98 Å². The van der Waals surface area contributed by atoms with Gasteiger partial charge in [-0.15, -0.1) is 23.7 Å². The fourth-order valence-corrected chi connectivity index (χ4v) is 3.44. The molecule has 3 aromatic rings. The lowest BCUT2D eigenvalue weighted by Gasteiger charge is -2.32. The number of nitrogen functional groups attached to an aromatic ring is 1. The van der Waals surface area contributed by atoms with Gasteiger partial charge in [-0.1, -0.05) is 35.5 Å². The largest absolute Gasteiger partial charge is 0.378 e. The minimum atomic E-state index is -0.0629. The molecule has 1 aliphatic rings. The molecule has 0 aliphatic carbocycles. The van der Waals surface area contributed by atoms with Gasteiger partial charge in [0, 0.05) is 29.7 Å². The van der Waals surface area contributed by atoms with Crippen molar-refractivity contribution in [1.82, 2.24) is 20.0 Å². The zero-order valence-electron chi connectivity index (χ0n) is 13.4. The zero-order valence-corrected chi connectivity index (χ0v) is 15.0. The predicted octanol–water partition coefficient (Wildman–Crippen LogP) is 2.77. The maximum absolute atomic E-state index is 5.72. The number of hydrogen-bond acceptors (Lipinski definition) is 8. The molecule has 1 saturated heterocycles. The van der Waals surface area contributed by atoms with E-state index in [2.05, 4.69) is 20.0 Å². The molecule has 0 spiro atoms. The van der Waals surface area contributed by atoms with Crippen molar-refractivity contribution < 1.29 is 9.26 Å². The monoisotopic (exact) mass is 379 g/mol. The molecule has 9 heteroatoms. The first-order chi connectivity index (χ1) is 11.8. The van der Waals surface area contributed by atoms with Gasteiger partial charge in [0.05, 0.1) is 13.2 Å². The second kappa shape index (κ2) is 7.92. The highest BCUT2D eigenvalue weighted by Crippen LogP contribution is 2.28. The van der Waals surface area contributed by atoms with Crippen LogP contribution in [0, 0.1) is 0 Å². The molecule has 7 nitrogen and oxygen atoms in total. The number of benzene rings is 1. The number of nitrogens with zero attached hydrogens (tertiary/aromatic N) is 4. The van der Waals surface area contributed by atoms with Crippen molar-refractivity contribution in [2.75, 3.05) is 25.5 Å². The summed E-state index contributed by atoms with van der Waals surface area (Å²) in [6.45, 7) is 2.76. The van der Waals surface area contributed by atoms with E-state index in [0.29, 0.717) is 30.1 Å². The summed E-state index contributed by atoms with van der Waals surface area (Å²) < 4.78 is 11.1. The van der Waals surface area contributed by atoms with Crippen LogP contribution in [0.15, 0.2) is 41.1 Å². The van der Waals surface area contributed by atoms with E-state index in [1.54, 1.807) is 0 Å². The normalized spacial score (nSPS) is 18.0. The summed E-state index contributed by atoms with van der Waals surface area (Å²) in [5.74, 6) is 1.17. The van der Waals surface area contributed by atoms with E-state index in [1.807, 2.05) is 36.5 Å². The zero-order chi connectivity index (χ0) is 16.4. The summed E-state index contributed by atoms with van der Waals surface area (Å²) in [4.78, 5) is 12.1. The van der Waals surface area contributed by atoms with Crippen LogP contribution in [0.25, 0.3) is 11.4 Å². The van der Waals surface area contributed by atoms with Crippen molar-refractivity contribution in [1.29, 1.82) is 0 Å². The van der Waals surface area contributed by atoms with Crippen LogP contribution in [-0.2, 0) is 11.3 Å². The van der Waals surface area contributed by atoms with E-state index < -0.39 is 0 Å². The molecule has 25 heavy (non-hydrogen) atoms. The van der Waals surface area contributed by atoms with Gasteiger partial charge >= 0.3 is 0 Å². The number of rotatable bonds is 4. The van der Waals surface area contributed by atoms with E-state index >= 15 is 0 Å². The van der Waals surface area contributed by atoms with Crippen LogP contribution in [0.5, 0.6) is 0 Å². The fraction of sp³-hybridized carbons (Fsp3) is 0.312. The molecular formula is C16H18ClN5O2S. The first-order valence-corrected chi connectivity index (χ1v) is 8.52. The third kappa shape index (κ3) is 3.98. The molecular weight excluding hydrogens is 362 g/mol. The van der Waals surface area contributed by atoms with E-state index in [9.17, 15) is 0 Å². The van der Waals surface area contributed by atoms with Gasteiger partial charge < -0.3 is 15.0 Å². The highest BCUT2D eigenvalue weighted by atomic mass is 35.5. The van der Waals surface area contributed by atoms with Crippen LogP contribution in [0.4, 0.5) is 5.13 Å². The molecule has 132 valence electrons. The van der Waals surface area contributed by atoms with Gasteiger partial charge in [-0.05, 0) is 0 Å². The number of morpholine rings is 1. The Kier molecular flexibility index (Phi) is 5.64. The summed E-state index contributed by atoms with van der Waals surface area (Å²) in [6.07, 6.45) is 1.82. The Labute approximate surface area is 155 Å². The van der Waals surface area contributed by atoms with Crippen molar-refractivity contribution in [3.8, 4) is 11.4 Å². The van der Waals surface area contributed by atoms with Gasteiger partial charge in [0.25, 0.3) is 0 Å². The molecule has 1 aliphatic heterocycles. The molecule has 1 unspecified atom stereocenters. The van der Waals surface area contributed by atoms with Crippen LogP contribution in [0.3, 0.4) is 0 Å². The molecule has 0 saturated carbocycles. The van der Waals surface area contributed by atoms with Crippen molar-refractivity contribution in [2.24, 2.45) is 0 Å². The number of aromatic nitrogens is 3. The number of thiazole rings is 1. The van der Waals surface area contributed by atoms with Crippen molar-refractivity contribution >= 4 is 28.9 Å². The van der Waals surface area contributed by atoms with Crippen molar-refractivity contribution in [3.05, 3.63) is 47.3 Å². The van der Waals surface area contributed by atoms with Gasteiger partial charge in [0.15, 0.2) is 5.13 Å². The maximum atomic E-state index is 5.72. The predicted molar refractivity (Wildman–Crippen MR) is 97.5 cm³/mol. The molecule has 0 bridgehead atoms. The Morgan fingerprint density at radius 3 is 2.88 bits per heavy atom. The second-order valence-corrected chi connectivity index (χ2v) is 6.70. The van der Waals surface area contributed by atoms with E-state index in [4.69, 9.17) is 15.0 Å². The number of anilines is 1. The molecule has 1 atom stereocenters. The Bertz CT molecular complexity index is 810. The quantitative estimate of drug-likeness (QED) is 0.745. The highest BCUT2D eigenvalue weighted by molar-refractivity contribution is 7.15. The SMILES string of the molecule is Cl.Nc1ncc(CN2CCOCC2c2nc(-c3ccccc3)no2)s1. The van der Waals surface area contributed by atoms with E-state index in [-0.39, 0.29) is 18.4 Å². The summed E-state index contributed by atoms with van der Waals surface area (Å²) >= 11 is 1.50. The summed E-state index contributed by atoms with van der Waals surface area (Å²) in [6, 6.07) is 9.73. The summed E-state index contributed by atoms with van der Waals surface area (Å²) in [5.41, 5.74) is 6.66. The number of nitrogens with two attached hydrogens (primary N) is 1. The van der Waals surface area contributed by atoms with Gasteiger partial charge in [-0.3, -0.25) is 4.90 Å². The average molecular weight is 380 g/mol. The average Bonchev–Trinajstić information content (AvgIpc) is 3.26. The lowest BCUT2D eigenvalue weighted by Crippen LogP contribution is -2.39. The van der Waals surface area contributed by atoms with Crippen molar-refractivity contribution in [2.45, 2.75) is 12.6 Å². The maximum Gasteiger partial charge on any atom is 0.246 e. The molecule has 4 rings (SSSR count). The molecule has 3 heterocycles. The molecule has 1 fully saturated rings. The van der Waals surface area contributed by atoms with Crippen LogP contribution in [0.2, 0.25) is 0 Å². The molecule has 2 N–H and O–H groups in total. The number of halogens is 1. The van der Waals surface area contributed by atoms with E-state index in [0.717, 1.165) is 23.5 Å². The summed E-state index contributed by atoms with van der Waals surface area (Å²) in [7, 11) is 0. The third-order valence-electron chi connectivity index (χ3n) is 3.93. The Morgan fingerprint density at radius 2 is 2.12 bits per heavy atom. The van der Waals surface area contributed by atoms with Gasteiger partial charge in [0.1, 0.15) is 6.04 Å². The lowest BCUT2D eigenvalue weighted by molar-refractivity contribution is -0.0236. The Hall–Kier alpha value is -2.00. The Morgan fingerprint density at radius 1 is 1.28 bits per heavy atom. The number of ether oxygens (including phenoxy) is 1. The van der Waals surface area contributed by atoms with Crippen LogP contribution in [0.1, 0.15) is 16.8 Å². The molecule has 0 radical (unpaired) electrons. The van der Waals surface area contributed by atoms with Gasteiger partial charge in [-0.2, -0.15) is 4.98 Å². The minimum Gasteiger partial charge on any atom is -0.378 e. The molecule has 1 aromatic carbocycles. The van der Waals surface area contributed by atoms with Crippen LogP contribution in [-0.4, -0.2) is 39.8 Å². The Balaban J connectivity index is 0.00000182. The second-order valence-electron chi connectivity index (χ2n) is 5.55. The standard InChI is InChI=1S/C16H17N5O2S.ClH/c17-16-18-8-12(24-16)9-21-6-7-22-10-13(21)15-19-14(20-23-15)11-4-2-1-3-5-11;/h1-5,8,13H,6-7,9-10H2,(H2,17,18);1H. The minimum absolute atomic E-state index is 0. The van der Waals surface area contributed by atoms with Crippen molar-refractivity contribution in [3.63, 3.8) is 0 Å². The number of hydrogen-bond donors (Lipinski definition) is 1. The van der Waals surface area contributed by atoms with Gasteiger partial charge in [0.2, 0.25) is 11.7 Å². The third-order valence-corrected chi connectivity index (χ3v) is 4.74.